The molecule has 1 saturated carbocycles. The van der Waals surface area contributed by atoms with E-state index >= 15 is 0 Å². The van der Waals surface area contributed by atoms with Gasteiger partial charge in [-0.3, -0.25) is 4.79 Å². The molecule has 1 aliphatic rings. The van der Waals surface area contributed by atoms with Crippen molar-refractivity contribution in [3.63, 3.8) is 0 Å². The predicted molar refractivity (Wildman–Crippen MR) is 113 cm³/mol. The number of nitrogens with zero attached hydrogens (tertiary/aromatic N) is 2. The molecule has 0 aromatic heterocycles. The average molecular weight is 439 g/mol. The molecular formula is C22H28F2N2O3S. The van der Waals surface area contributed by atoms with Crippen molar-refractivity contribution in [3.8, 4) is 6.07 Å². The number of esters is 1. The van der Waals surface area contributed by atoms with E-state index in [0.29, 0.717) is 16.8 Å². The summed E-state index contributed by atoms with van der Waals surface area (Å²) in [5.74, 6) is -3.88. The molecule has 2 rings (SSSR count). The van der Waals surface area contributed by atoms with Crippen LogP contribution in [0.1, 0.15) is 64.5 Å². The van der Waals surface area contributed by atoms with E-state index in [2.05, 4.69) is 4.40 Å². The molecule has 0 saturated heterocycles. The molecule has 5 nitrogen and oxygen atoms in total. The molecule has 0 spiro atoms. The summed E-state index contributed by atoms with van der Waals surface area (Å²) in [6, 6.07) is 8.70. The van der Waals surface area contributed by atoms with Gasteiger partial charge in [-0.15, -0.1) is 0 Å². The highest BCUT2D eigenvalue weighted by Gasteiger charge is 2.49. The third kappa shape index (κ3) is 6.69. The number of hydrogen-bond donors (Lipinski definition) is 0. The van der Waals surface area contributed by atoms with Gasteiger partial charge in [-0.2, -0.15) is 9.66 Å². The third-order valence-electron chi connectivity index (χ3n) is 5.04. The zero-order valence-corrected chi connectivity index (χ0v) is 18.6. The first-order valence-electron chi connectivity index (χ1n) is 9.98. The number of halogens is 2. The summed E-state index contributed by atoms with van der Waals surface area (Å²) in [6.07, 6.45) is -0.320. The molecular weight excluding hydrogens is 410 g/mol. The second kappa shape index (κ2) is 9.78. The highest BCUT2D eigenvalue weighted by molar-refractivity contribution is 7.85. The van der Waals surface area contributed by atoms with Gasteiger partial charge >= 0.3 is 5.97 Å². The van der Waals surface area contributed by atoms with Crippen molar-refractivity contribution in [2.75, 3.05) is 6.61 Å². The minimum absolute atomic E-state index is 0.00599. The first-order valence-corrected chi connectivity index (χ1v) is 11.1. The van der Waals surface area contributed by atoms with Crippen molar-refractivity contribution in [1.82, 2.24) is 0 Å². The minimum atomic E-state index is -2.71. The first kappa shape index (κ1) is 24.1. The van der Waals surface area contributed by atoms with Crippen LogP contribution >= 0.6 is 0 Å². The molecule has 1 aliphatic carbocycles. The van der Waals surface area contributed by atoms with E-state index in [-0.39, 0.29) is 38.2 Å². The van der Waals surface area contributed by atoms with Gasteiger partial charge in [0.1, 0.15) is 11.0 Å². The number of hydrogen-bond acceptors (Lipinski definition) is 4. The van der Waals surface area contributed by atoms with Gasteiger partial charge in [0.2, 0.25) is 5.92 Å². The number of nitriles is 1. The number of carbonyl (C=O) groups excluding carboxylic acids is 1. The molecule has 0 bridgehead atoms. The smallest absolute Gasteiger partial charge is 0.306 e. The molecule has 1 fully saturated rings. The van der Waals surface area contributed by atoms with Crippen LogP contribution in [0.4, 0.5) is 8.78 Å². The van der Waals surface area contributed by atoms with Crippen LogP contribution in [0.2, 0.25) is 0 Å². The highest BCUT2D eigenvalue weighted by atomic mass is 32.2. The van der Waals surface area contributed by atoms with E-state index in [9.17, 15) is 17.8 Å². The maximum Gasteiger partial charge on any atom is 0.306 e. The van der Waals surface area contributed by atoms with Crippen LogP contribution in [0, 0.1) is 23.2 Å². The number of carbonyl (C=O) groups is 1. The Morgan fingerprint density at radius 2 is 1.90 bits per heavy atom. The first-order chi connectivity index (χ1) is 13.9. The minimum Gasteiger partial charge on any atom is -0.466 e. The number of rotatable bonds is 8. The van der Waals surface area contributed by atoms with Crippen LogP contribution in [-0.4, -0.2) is 33.2 Å². The summed E-state index contributed by atoms with van der Waals surface area (Å²) in [4.78, 5) is 12.1. The second-order valence-electron chi connectivity index (χ2n) is 8.59. The SMILES string of the molecule is CCOC(=O)C[C@@H](C/C(=N/[S@](=O)C(C)(C)C)c1ccc(C#N)cc1)C1CC(F)(F)C1. The van der Waals surface area contributed by atoms with Crippen molar-refractivity contribution in [2.45, 2.75) is 64.0 Å². The molecule has 0 amide bonds. The van der Waals surface area contributed by atoms with E-state index in [1.807, 2.05) is 6.07 Å². The fourth-order valence-corrected chi connectivity index (χ4v) is 3.96. The summed E-state index contributed by atoms with van der Waals surface area (Å²) >= 11 is 0. The van der Waals surface area contributed by atoms with E-state index < -0.39 is 33.5 Å². The Kier molecular flexibility index (Phi) is 7.87. The number of ether oxygens (including phenoxy) is 1. The normalized spacial score (nSPS) is 18.8. The molecule has 8 heteroatoms. The standard InChI is InChI=1S/C22H28F2N2O3S/c1-5-29-20(27)11-17(18-12-22(23,24)13-18)10-19(26-30(28)21(2,3)4)16-8-6-15(14-25)7-9-16/h6-9,17-18H,5,10-13H2,1-4H3/b26-19-/t17-,30-/m1/s1. The van der Waals surface area contributed by atoms with Crippen molar-refractivity contribution >= 4 is 22.7 Å². The van der Waals surface area contributed by atoms with Crippen LogP contribution in [-0.2, 0) is 20.5 Å². The largest absolute Gasteiger partial charge is 0.466 e. The Bertz CT molecular complexity index is 847. The Hall–Kier alpha value is -2.14. The molecule has 30 heavy (non-hydrogen) atoms. The molecule has 0 N–H and O–H groups in total. The topological polar surface area (TPSA) is 79.5 Å². The summed E-state index contributed by atoms with van der Waals surface area (Å²) < 4.78 is 48.6. The van der Waals surface area contributed by atoms with Gasteiger partial charge in [-0.05, 0) is 63.6 Å². The summed E-state index contributed by atoms with van der Waals surface area (Å²) in [7, 11) is -1.56. The van der Waals surface area contributed by atoms with Crippen LogP contribution in [0.15, 0.2) is 28.7 Å². The van der Waals surface area contributed by atoms with Gasteiger partial charge in [0.05, 0.1) is 28.7 Å². The quantitative estimate of drug-likeness (QED) is 0.431. The molecule has 1 aromatic carbocycles. The fraction of sp³-hybridized carbons (Fsp3) is 0.591. The van der Waals surface area contributed by atoms with Gasteiger partial charge in [0.15, 0.2) is 0 Å². The summed E-state index contributed by atoms with van der Waals surface area (Å²) in [5, 5.41) is 9.02. The predicted octanol–water partition coefficient (Wildman–Crippen LogP) is 4.81. The number of alkyl halides is 2. The average Bonchev–Trinajstić information content (AvgIpc) is 2.64. The van der Waals surface area contributed by atoms with Crippen molar-refractivity contribution in [3.05, 3.63) is 35.4 Å². The van der Waals surface area contributed by atoms with Gasteiger partial charge in [0.25, 0.3) is 0 Å². The second-order valence-corrected chi connectivity index (χ2v) is 10.5. The van der Waals surface area contributed by atoms with Gasteiger partial charge in [0, 0.05) is 19.3 Å². The zero-order chi connectivity index (χ0) is 22.5. The van der Waals surface area contributed by atoms with Crippen molar-refractivity contribution in [2.24, 2.45) is 16.2 Å². The maximum absolute atomic E-state index is 13.5. The lowest BCUT2D eigenvalue weighted by molar-refractivity contribution is -0.151. The molecule has 164 valence electrons. The van der Waals surface area contributed by atoms with Crippen LogP contribution in [0.5, 0.6) is 0 Å². The Morgan fingerprint density at radius 1 is 1.30 bits per heavy atom. The fourth-order valence-electron chi connectivity index (χ4n) is 3.31. The van der Waals surface area contributed by atoms with Gasteiger partial charge < -0.3 is 4.74 Å². The number of benzene rings is 1. The summed E-state index contributed by atoms with van der Waals surface area (Å²) in [6.45, 7) is 7.31. The van der Waals surface area contributed by atoms with E-state index in [1.165, 1.54) is 0 Å². The molecule has 2 atom stereocenters. The Morgan fingerprint density at radius 3 is 2.37 bits per heavy atom. The summed E-state index contributed by atoms with van der Waals surface area (Å²) in [5.41, 5.74) is 1.61. The van der Waals surface area contributed by atoms with Gasteiger partial charge in [-0.1, -0.05) is 12.1 Å². The van der Waals surface area contributed by atoms with Crippen LogP contribution in [0.3, 0.4) is 0 Å². The monoisotopic (exact) mass is 438 g/mol. The lowest BCUT2D eigenvalue weighted by atomic mass is 9.70. The van der Waals surface area contributed by atoms with Crippen molar-refractivity contribution in [1.29, 1.82) is 5.26 Å². The molecule has 1 aromatic rings. The molecule has 0 unspecified atom stereocenters. The van der Waals surface area contributed by atoms with Crippen LogP contribution < -0.4 is 0 Å². The zero-order valence-electron chi connectivity index (χ0n) is 17.8. The van der Waals surface area contributed by atoms with E-state index in [0.717, 1.165) is 0 Å². The molecule has 0 radical (unpaired) electrons. The van der Waals surface area contributed by atoms with Crippen LogP contribution in [0.25, 0.3) is 0 Å². The Balaban J connectivity index is 2.35. The Labute approximate surface area is 179 Å². The third-order valence-corrected chi connectivity index (χ3v) is 6.48. The highest BCUT2D eigenvalue weighted by Crippen LogP contribution is 2.48. The maximum atomic E-state index is 13.5. The molecule has 0 heterocycles. The lowest BCUT2D eigenvalue weighted by Crippen LogP contribution is -2.41. The lowest BCUT2D eigenvalue weighted by Gasteiger charge is -2.40. The van der Waals surface area contributed by atoms with E-state index in [4.69, 9.17) is 10.00 Å². The van der Waals surface area contributed by atoms with E-state index in [1.54, 1.807) is 52.0 Å². The molecule has 0 aliphatic heterocycles. The van der Waals surface area contributed by atoms with Gasteiger partial charge in [-0.25, -0.2) is 13.0 Å². The van der Waals surface area contributed by atoms with Crippen molar-refractivity contribution < 1.29 is 22.5 Å².